The highest BCUT2D eigenvalue weighted by atomic mass is 35.5. The first-order chi connectivity index (χ1) is 15.7. The molecule has 2 unspecified atom stereocenters. The molecule has 0 aromatic heterocycles. The average Bonchev–Trinajstić information content (AvgIpc) is 2.76. The van der Waals surface area contributed by atoms with E-state index >= 15 is 0 Å². The molecule has 2 atom stereocenters. The normalized spacial score (nSPS) is 12.8. The van der Waals surface area contributed by atoms with Crippen molar-refractivity contribution in [1.82, 2.24) is 10.2 Å². The highest BCUT2D eigenvalue weighted by Crippen LogP contribution is 2.29. The van der Waals surface area contributed by atoms with Crippen LogP contribution in [0.2, 0.25) is 20.1 Å². The lowest BCUT2D eigenvalue weighted by Crippen LogP contribution is -2.51. The van der Waals surface area contributed by atoms with Gasteiger partial charge in [-0.3, -0.25) is 9.59 Å². The summed E-state index contributed by atoms with van der Waals surface area (Å²) in [5, 5.41) is 5.08. The van der Waals surface area contributed by atoms with Gasteiger partial charge in [-0.1, -0.05) is 72.4 Å². The summed E-state index contributed by atoms with van der Waals surface area (Å²) < 4.78 is 0. The molecule has 2 aromatic carbocycles. The van der Waals surface area contributed by atoms with Crippen molar-refractivity contribution in [3.8, 4) is 0 Å². The predicted molar refractivity (Wildman–Crippen MR) is 142 cm³/mol. The third-order valence-corrected chi connectivity index (χ3v) is 7.52. The highest BCUT2D eigenvalue weighted by Gasteiger charge is 2.29. The Morgan fingerprint density at radius 3 is 2.24 bits per heavy atom. The molecular formula is C24H28Cl4N2O2S. The van der Waals surface area contributed by atoms with Gasteiger partial charge in [-0.05, 0) is 55.2 Å². The van der Waals surface area contributed by atoms with Crippen LogP contribution in [0.4, 0.5) is 0 Å². The lowest BCUT2D eigenvalue weighted by Gasteiger charge is -2.31. The van der Waals surface area contributed by atoms with Crippen molar-refractivity contribution in [3.63, 3.8) is 0 Å². The van der Waals surface area contributed by atoms with Gasteiger partial charge in [0.25, 0.3) is 0 Å². The molecule has 0 aliphatic carbocycles. The molecule has 0 aliphatic heterocycles. The van der Waals surface area contributed by atoms with Crippen molar-refractivity contribution < 1.29 is 9.59 Å². The number of hydrogen-bond acceptors (Lipinski definition) is 3. The molecule has 4 nitrogen and oxygen atoms in total. The Labute approximate surface area is 220 Å². The van der Waals surface area contributed by atoms with Crippen LogP contribution in [0.25, 0.3) is 0 Å². The summed E-state index contributed by atoms with van der Waals surface area (Å²) in [5.74, 6) is 0.306. The second-order valence-corrected chi connectivity index (χ2v) is 10.3. The van der Waals surface area contributed by atoms with Gasteiger partial charge in [-0.25, -0.2) is 0 Å². The fraction of sp³-hybridized carbons (Fsp3) is 0.417. The Morgan fingerprint density at radius 1 is 1.00 bits per heavy atom. The fourth-order valence-electron chi connectivity index (χ4n) is 3.19. The van der Waals surface area contributed by atoms with Crippen molar-refractivity contribution in [2.75, 3.05) is 5.75 Å². The van der Waals surface area contributed by atoms with Crippen LogP contribution in [0, 0.1) is 0 Å². The van der Waals surface area contributed by atoms with E-state index in [9.17, 15) is 9.59 Å². The van der Waals surface area contributed by atoms with Crippen molar-refractivity contribution in [2.24, 2.45) is 0 Å². The average molecular weight is 550 g/mol. The van der Waals surface area contributed by atoms with Crippen molar-refractivity contribution in [1.29, 1.82) is 0 Å². The molecule has 0 saturated carbocycles. The number of carbonyl (C=O) groups excluding carboxylic acids is 2. The van der Waals surface area contributed by atoms with Crippen molar-refractivity contribution >= 4 is 70.0 Å². The van der Waals surface area contributed by atoms with E-state index in [1.165, 1.54) is 11.8 Å². The Balaban J connectivity index is 2.22. The van der Waals surface area contributed by atoms with Gasteiger partial charge in [0.1, 0.15) is 6.04 Å². The van der Waals surface area contributed by atoms with Gasteiger partial charge >= 0.3 is 0 Å². The van der Waals surface area contributed by atoms with E-state index in [4.69, 9.17) is 46.4 Å². The molecule has 33 heavy (non-hydrogen) atoms. The van der Waals surface area contributed by atoms with Crippen LogP contribution in [0.15, 0.2) is 36.4 Å². The van der Waals surface area contributed by atoms with Gasteiger partial charge < -0.3 is 10.2 Å². The molecule has 0 aliphatic rings. The largest absolute Gasteiger partial charge is 0.352 e. The van der Waals surface area contributed by atoms with Gasteiger partial charge in [0.2, 0.25) is 11.8 Å². The summed E-state index contributed by atoms with van der Waals surface area (Å²) in [7, 11) is 0. The van der Waals surface area contributed by atoms with E-state index in [2.05, 4.69) is 5.32 Å². The van der Waals surface area contributed by atoms with Gasteiger partial charge in [-0.2, -0.15) is 0 Å². The van der Waals surface area contributed by atoms with Crippen molar-refractivity contribution in [3.05, 3.63) is 67.6 Å². The molecule has 2 amide bonds. The summed E-state index contributed by atoms with van der Waals surface area (Å²) in [6.45, 7) is 6.03. The highest BCUT2D eigenvalue weighted by molar-refractivity contribution is 7.99. The van der Waals surface area contributed by atoms with Crippen LogP contribution in [0.3, 0.4) is 0 Å². The third-order valence-electron chi connectivity index (χ3n) is 5.28. The van der Waals surface area contributed by atoms with E-state index < -0.39 is 6.04 Å². The number of halogens is 4. The number of hydrogen-bond donors (Lipinski definition) is 1. The molecule has 0 fully saturated rings. The standard InChI is InChI=1S/C24H28Cl4N2O2S/c1-4-15(3)29-24(32)22(5-2)30(12-16-9-10-17(25)11-21(16)28)23(31)14-33-13-18-19(26)7-6-8-20(18)27/h6-11,15,22H,4-5,12-14H2,1-3H3,(H,29,32). The van der Waals surface area contributed by atoms with Crippen LogP contribution in [0.1, 0.15) is 44.7 Å². The molecule has 2 rings (SSSR count). The molecule has 0 spiro atoms. The summed E-state index contributed by atoms with van der Waals surface area (Å²) >= 11 is 26.3. The minimum absolute atomic E-state index is 0.0133. The Hall–Kier alpha value is -1.11. The van der Waals surface area contributed by atoms with E-state index in [0.717, 1.165) is 17.5 Å². The zero-order valence-electron chi connectivity index (χ0n) is 18.8. The lowest BCUT2D eigenvalue weighted by molar-refractivity contribution is -0.139. The Bertz CT molecular complexity index is 953. The number of amides is 2. The van der Waals surface area contributed by atoms with Crippen LogP contribution in [0.5, 0.6) is 0 Å². The van der Waals surface area contributed by atoms with Crippen LogP contribution in [-0.4, -0.2) is 34.6 Å². The van der Waals surface area contributed by atoms with Gasteiger partial charge in [0, 0.05) is 38.4 Å². The molecule has 180 valence electrons. The maximum Gasteiger partial charge on any atom is 0.243 e. The first-order valence-corrected chi connectivity index (χ1v) is 13.4. The van der Waals surface area contributed by atoms with Crippen molar-refractivity contribution in [2.45, 2.75) is 58.0 Å². The molecule has 2 aromatic rings. The summed E-state index contributed by atoms with van der Waals surface area (Å²) in [6.07, 6.45) is 1.27. The Kier molecular flexibility index (Phi) is 11.7. The first-order valence-electron chi connectivity index (χ1n) is 10.7. The fourth-order valence-corrected chi connectivity index (χ4v) is 5.30. The van der Waals surface area contributed by atoms with Crippen LogP contribution >= 0.6 is 58.2 Å². The maximum absolute atomic E-state index is 13.3. The number of nitrogens with one attached hydrogen (secondary N) is 1. The van der Waals surface area contributed by atoms with E-state index in [0.29, 0.717) is 32.3 Å². The zero-order chi connectivity index (χ0) is 24.5. The third kappa shape index (κ3) is 8.25. The zero-order valence-corrected chi connectivity index (χ0v) is 22.7. The minimum atomic E-state index is -0.622. The SMILES string of the molecule is CCC(C)NC(=O)C(CC)N(Cc1ccc(Cl)cc1Cl)C(=O)CSCc1c(Cl)cccc1Cl. The maximum atomic E-state index is 13.3. The van der Waals surface area contributed by atoms with E-state index in [1.54, 1.807) is 41.3 Å². The van der Waals surface area contributed by atoms with Gasteiger partial charge in [0.15, 0.2) is 0 Å². The molecule has 9 heteroatoms. The summed E-state index contributed by atoms with van der Waals surface area (Å²) in [5.41, 5.74) is 1.51. The van der Waals surface area contributed by atoms with Gasteiger partial charge in [-0.15, -0.1) is 11.8 Å². The number of thioether (sulfide) groups is 1. The Morgan fingerprint density at radius 2 is 1.67 bits per heavy atom. The lowest BCUT2D eigenvalue weighted by atomic mass is 10.1. The first kappa shape index (κ1) is 28.1. The van der Waals surface area contributed by atoms with E-state index in [1.807, 2.05) is 20.8 Å². The summed E-state index contributed by atoms with van der Waals surface area (Å²) in [6, 6.07) is 9.85. The summed E-state index contributed by atoms with van der Waals surface area (Å²) in [4.78, 5) is 27.9. The monoisotopic (exact) mass is 548 g/mol. The second kappa shape index (κ2) is 13.7. The molecular weight excluding hydrogens is 522 g/mol. The van der Waals surface area contributed by atoms with Crippen LogP contribution in [-0.2, 0) is 21.9 Å². The number of nitrogens with zero attached hydrogens (tertiary/aromatic N) is 1. The van der Waals surface area contributed by atoms with E-state index in [-0.39, 0.29) is 30.2 Å². The number of benzene rings is 2. The smallest absolute Gasteiger partial charge is 0.243 e. The number of rotatable bonds is 11. The minimum Gasteiger partial charge on any atom is -0.352 e. The topological polar surface area (TPSA) is 49.4 Å². The number of carbonyl (C=O) groups is 2. The van der Waals surface area contributed by atoms with Gasteiger partial charge in [0.05, 0.1) is 5.75 Å². The molecule has 1 N–H and O–H groups in total. The molecule has 0 heterocycles. The molecule has 0 radical (unpaired) electrons. The quantitative estimate of drug-likeness (QED) is 0.321. The molecule has 0 saturated heterocycles. The predicted octanol–water partition coefficient (Wildman–Crippen LogP) is 7.26. The second-order valence-electron chi connectivity index (χ2n) is 7.69. The van der Waals surface area contributed by atoms with Crippen LogP contribution < -0.4 is 5.32 Å². The molecule has 0 bridgehead atoms.